The number of carbonyl (C=O) groups is 1. The van der Waals surface area contributed by atoms with Crippen LogP contribution in [0.1, 0.15) is 48.0 Å². The first kappa shape index (κ1) is 17.0. The lowest BCUT2D eigenvalue weighted by atomic mass is 10.1. The van der Waals surface area contributed by atoms with Crippen LogP contribution in [0, 0.1) is 0 Å². The molecule has 1 unspecified atom stereocenters. The number of hydrogen-bond donors (Lipinski definition) is 1. The summed E-state index contributed by atoms with van der Waals surface area (Å²) in [7, 11) is 0. The van der Waals surface area contributed by atoms with Gasteiger partial charge in [0.15, 0.2) is 0 Å². The second-order valence-electron chi connectivity index (χ2n) is 6.50. The van der Waals surface area contributed by atoms with E-state index in [1.165, 1.54) is 4.90 Å². The third-order valence-electron chi connectivity index (χ3n) is 3.07. The first-order valence-corrected chi connectivity index (χ1v) is 7.09. The van der Waals surface area contributed by atoms with Gasteiger partial charge in [0.05, 0.1) is 18.8 Å². The molecule has 0 aliphatic carbocycles. The molecule has 1 N–H and O–H groups in total. The standard InChI is InChI=1S/C15H27NO4/c1-7-8-9-12(17)11-10-19-15(5,6)16(11)13(18)20-14(2,3)4/h8-9,11-12,17H,7,10H2,1-6H3/b9-8+/t11?,12-/m1/s1. The molecular formula is C15H27NO4. The number of rotatable bonds is 3. The molecule has 2 atom stereocenters. The van der Waals surface area contributed by atoms with Crippen LogP contribution >= 0.6 is 0 Å². The minimum atomic E-state index is -0.784. The van der Waals surface area contributed by atoms with Crippen molar-refractivity contribution in [1.29, 1.82) is 0 Å². The molecule has 0 saturated carbocycles. The van der Waals surface area contributed by atoms with Crippen molar-refractivity contribution in [2.75, 3.05) is 6.61 Å². The Bertz CT molecular complexity index is 371. The molecule has 5 heteroatoms. The van der Waals surface area contributed by atoms with E-state index in [9.17, 15) is 9.90 Å². The Labute approximate surface area is 121 Å². The highest BCUT2D eigenvalue weighted by Crippen LogP contribution is 2.31. The van der Waals surface area contributed by atoms with Gasteiger partial charge in [-0.05, 0) is 41.0 Å². The summed E-state index contributed by atoms with van der Waals surface area (Å²) in [6.45, 7) is 11.3. The van der Waals surface area contributed by atoms with E-state index in [4.69, 9.17) is 9.47 Å². The number of aliphatic hydroxyl groups excluding tert-OH is 1. The molecule has 1 aliphatic rings. The zero-order chi connectivity index (χ0) is 15.6. The maximum absolute atomic E-state index is 12.4. The van der Waals surface area contributed by atoms with Crippen LogP contribution < -0.4 is 0 Å². The fraction of sp³-hybridized carbons (Fsp3) is 0.800. The van der Waals surface area contributed by atoms with Gasteiger partial charge in [0, 0.05) is 0 Å². The molecule has 0 radical (unpaired) electrons. The van der Waals surface area contributed by atoms with Crippen LogP contribution in [0.3, 0.4) is 0 Å². The fourth-order valence-electron chi connectivity index (χ4n) is 2.15. The number of amides is 1. The average molecular weight is 285 g/mol. The second-order valence-corrected chi connectivity index (χ2v) is 6.50. The highest BCUT2D eigenvalue weighted by molar-refractivity contribution is 5.70. The molecular weight excluding hydrogens is 258 g/mol. The van der Waals surface area contributed by atoms with Crippen LogP contribution in [0.25, 0.3) is 0 Å². The van der Waals surface area contributed by atoms with E-state index >= 15 is 0 Å². The Morgan fingerprint density at radius 2 is 2.15 bits per heavy atom. The fourth-order valence-corrected chi connectivity index (χ4v) is 2.15. The maximum Gasteiger partial charge on any atom is 0.413 e. The lowest BCUT2D eigenvalue weighted by molar-refractivity contribution is -0.0660. The number of hydrogen-bond acceptors (Lipinski definition) is 4. The Kier molecular flexibility index (Phi) is 5.21. The molecule has 0 bridgehead atoms. The molecule has 1 saturated heterocycles. The molecule has 1 aliphatic heterocycles. The molecule has 116 valence electrons. The zero-order valence-electron chi connectivity index (χ0n) is 13.3. The minimum absolute atomic E-state index is 0.293. The van der Waals surface area contributed by atoms with E-state index in [1.54, 1.807) is 19.9 Å². The highest BCUT2D eigenvalue weighted by Gasteiger charge is 2.47. The molecule has 1 fully saturated rings. The lowest BCUT2D eigenvalue weighted by Gasteiger charge is -2.36. The molecule has 1 heterocycles. The largest absolute Gasteiger partial charge is 0.444 e. The zero-order valence-corrected chi connectivity index (χ0v) is 13.3. The van der Waals surface area contributed by atoms with Crippen LogP contribution in [0.2, 0.25) is 0 Å². The van der Waals surface area contributed by atoms with E-state index < -0.39 is 29.6 Å². The second kappa shape index (κ2) is 6.14. The van der Waals surface area contributed by atoms with Crippen LogP contribution in [0.15, 0.2) is 12.2 Å². The molecule has 0 aromatic heterocycles. The lowest BCUT2D eigenvalue weighted by Crippen LogP contribution is -2.53. The molecule has 1 amide bonds. The van der Waals surface area contributed by atoms with Crippen LogP contribution in [-0.2, 0) is 9.47 Å². The van der Waals surface area contributed by atoms with Crippen LogP contribution in [0.5, 0.6) is 0 Å². The summed E-state index contributed by atoms with van der Waals surface area (Å²) in [6.07, 6.45) is 3.19. The van der Waals surface area contributed by atoms with Crippen molar-refractivity contribution >= 4 is 6.09 Å². The van der Waals surface area contributed by atoms with Gasteiger partial charge in [-0.2, -0.15) is 0 Å². The van der Waals surface area contributed by atoms with E-state index in [2.05, 4.69) is 0 Å². The van der Waals surface area contributed by atoms with E-state index in [-0.39, 0.29) is 0 Å². The Balaban J connectivity index is 2.90. The van der Waals surface area contributed by atoms with Gasteiger partial charge in [0.25, 0.3) is 0 Å². The molecule has 0 aromatic carbocycles. The molecule has 5 nitrogen and oxygen atoms in total. The highest BCUT2D eigenvalue weighted by atomic mass is 16.6. The number of carbonyl (C=O) groups excluding carboxylic acids is 1. The molecule has 1 rings (SSSR count). The quantitative estimate of drug-likeness (QED) is 0.810. The van der Waals surface area contributed by atoms with Gasteiger partial charge in [-0.1, -0.05) is 19.1 Å². The van der Waals surface area contributed by atoms with Crippen molar-refractivity contribution in [3.8, 4) is 0 Å². The molecule has 0 aromatic rings. The van der Waals surface area contributed by atoms with Crippen molar-refractivity contribution < 1.29 is 19.4 Å². The topological polar surface area (TPSA) is 59.0 Å². The van der Waals surface area contributed by atoms with Gasteiger partial charge in [0.2, 0.25) is 0 Å². The van der Waals surface area contributed by atoms with Gasteiger partial charge in [-0.25, -0.2) is 4.79 Å². The maximum atomic E-state index is 12.4. The molecule has 20 heavy (non-hydrogen) atoms. The summed E-state index contributed by atoms with van der Waals surface area (Å²) < 4.78 is 11.0. The molecule has 0 spiro atoms. The predicted molar refractivity (Wildman–Crippen MR) is 77.3 cm³/mol. The first-order chi connectivity index (χ1) is 9.08. The summed E-state index contributed by atoms with van der Waals surface area (Å²) in [5.41, 5.74) is -1.36. The summed E-state index contributed by atoms with van der Waals surface area (Å²) >= 11 is 0. The smallest absolute Gasteiger partial charge is 0.413 e. The third-order valence-corrected chi connectivity index (χ3v) is 3.07. The van der Waals surface area contributed by atoms with E-state index in [0.29, 0.717) is 6.61 Å². The minimum Gasteiger partial charge on any atom is -0.444 e. The number of allylic oxidation sites excluding steroid dienone is 1. The summed E-state index contributed by atoms with van der Waals surface area (Å²) in [6, 6.07) is -0.428. The third kappa shape index (κ3) is 4.21. The van der Waals surface area contributed by atoms with Crippen molar-refractivity contribution in [3.05, 3.63) is 12.2 Å². The van der Waals surface area contributed by atoms with E-state index in [0.717, 1.165) is 6.42 Å². The van der Waals surface area contributed by atoms with Gasteiger partial charge < -0.3 is 14.6 Å². The van der Waals surface area contributed by atoms with Gasteiger partial charge >= 0.3 is 6.09 Å². The average Bonchev–Trinajstić information content (AvgIpc) is 2.59. The Hall–Kier alpha value is -1.07. The summed E-state index contributed by atoms with van der Waals surface area (Å²) in [4.78, 5) is 13.8. The van der Waals surface area contributed by atoms with Gasteiger partial charge in [-0.3, -0.25) is 4.90 Å². The van der Waals surface area contributed by atoms with Gasteiger partial charge in [-0.15, -0.1) is 0 Å². The van der Waals surface area contributed by atoms with Crippen LogP contribution in [-0.4, -0.2) is 46.2 Å². The van der Waals surface area contributed by atoms with Crippen molar-refractivity contribution in [2.45, 2.75) is 71.4 Å². The number of aliphatic hydroxyl groups is 1. The predicted octanol–water partition coefficient (Wildman–Crippen LogP) is 2.69. The van der Waals surface area contributed by atoms with Crippen molar-refractivity contribution in [1.82, 2.24) is 4.90 Å². The monoisotopic (exact) mass is 285 g/mol. The van der Waals surface area contributed by atoms with Crippen LogP contribution in [0.4, 0.5) is 4.79 Å². The summed E-state index contributed by atoms with van der Waals surface area (Å²) in [5, 5.41) is 10.2. The van der Waals surface area contributed by atoms with Gasteiger partial charge in [0.1, 0.15) is 11.3 Å². The Morgan fingerprint density at radius 3 is 2.65 bits per heavy atom. The number of nitrogens with zero attached hydrogens (tertiary/aromatic N) is 1. The Morgan fingerprint density at radius 1 is 1.55 bits per heavy atom. The first-order valence-electron chi connectivity index (χ1n) is 7.09. The summed E-state index contributed by atoms with van der Waals surface area (Å²) in [5.74, 6) is 0. The SMILES string of the molecule is CC/C=C/[C@@H](O)C1COC(C)(C)N1C(=O)OC(C)(C)C. The van der Waals surface area contributed by atoms with E-state index in [1.807, 2.05) is 33.8 Å². The van der Waals surface area contributed by atoms with Crippen molar-refractivity contribution in [2.24, 2.45) is 0 Å². The normalized spacial score (nSPS) is 24.1. The number of ether oxygens (including phenoxy) is 2. The van der Waals surface area contributed by atoms with Crippen molar-refractivity contribution in [3.63, 3.8) is 0 Å².